The Kier molecular flexibility index (Phi) is 5.63. The molecule has 0 atom stereocenters. The van der Waals surface area contributed by atoms with E-state index in [1.54, 1.807) is 21.0 Å². The van der Waals surface area contributed by atoms with Crippen LogP contribution in [0.4, 0.5) is 0 Å². The van der Waals surface area contributed by atoms with Crippen LogP contribution in [-0.4, -0.2) is 30.5 Å². The molecule has 0 radical (unpaired) electrons. The second-order valence-corrected chi connectivity index (χ2v) is 5.62. The fourth-order valence-electron chi connectivity index (χ4n) is 1.52. The third kappa shape index (κ3) is 5.94. The number of ether oxygens (including phenoxy) is 2. The normalized spacial score (nSPS) is 11.7. The van der Waals surface area contributed by atoms with Crippen LogP contribution in [0.15, 0.2) is 18.2 Å². The topological polar surface area (TPSA) is 50.7 Å². The molecule has 2 N–H and O–H groups in total. The largest absolute Gasteiger partial charge is 0.493 e. The van der Waals surface area contributed by atoms with Crippen LogP contribution in [-0.2, 0) is 6.54 Å². The highest BCUT2D eigenvalue weighted by Gasteiger charge is 2.15. The number of aliphatic hydroxyl groups is 1. The summed E-state index contributed by atoms with van der Waals surface area (Å²) >= 11 is 0. The van der Waals surface area contributed by atoms with Crippen molar-refractivity contribution in [3.8, 4) is 11.5 Å². The predicted octanol–water partition coefficient (Wildman–Crippen LogP) is 2.34. The van der Waals surface area contributed by atoms with Gasteiger partial charge >= 0.3 is 0 Å². The molecule has 0 aliphatic heterocycles. The molecule has 0 saturated heterocycles. The molecule has 0 amide bonds. The van der Waals surface area contributed by atoms with E-state index in [0.29, 0.717) is 17.5 Å². The lowest BCUT2D eigenvalue weighted by Gasteiger charge is -2.19. The minimum Gasteiger partial charge on any atom is -0.493 e. The van der Waals surface area contributed by atoms with E-state index in [0.717, 1.165) is 12.1 Å². The molecule has 0 heterocycles. The van der Waals surface area contributed by atoms with Gasteiger partial charge < -0.3 is 19.9 Å². The molecule has 4 heteroatoms. The van der Waals surface area contributed by atoms with E-state index in [1.807, 2.05) is 18.2 Å². The smallest absolute Gasteiger partial charge is 0.161 e. The molecule has 0 saturated carbocycles. The summed E-state index contributed by atoms with van der Waals surface area (Å²) in [5.74, 6) is 1.34. The summed E-state index contributed by atoms with van der Waals surface area (Å²) in [7, 11) is 1.61. The monoisotopic (exact) mass is 267 g/mol. The molecule has 0 spiro atoms. The summed E-state index contributed by atoms with van der Waals surface area (Å²) < 4.78 is 10.9. The Balaban J connectivity index is 2.78. The minimum atomic E-state index is -0.864. The lowest BCUT2D eigenvalue weighted by molar-refractivity contribution is 0.0276. The highest BCUT2D eigenvalue weighted by atomic mass is 16.5. The van der Waals surface area contributed by atoms with Crippen molar-refractivity contribution in [2.45, 2.75) is 45.9 Å². The van der Waals surface area contributed by atoms with Crippen LogP contribution in [0.1, 0.15) is 33.3 Å². The standard InChI is InChI=1S/C15H25NO3/c1-11(2)16-9-12-6-7-13(18-5)14(8-12)19-10-15(3,4)17/h6-8,11,16-17H,9-10H2,1-5H3. The van der Waals surface area contributed by atoms with Crippen LogP contribution in [0.2, 0.25) is 0 Å². The zero-order chi connectivity index (χ0) is 14.5. The van der Waals surface area contributed by atoms with Gasteiger partial charge in [-0.15, -0.1) is 0 Å². The highest BCUT2D eigenvalue weighted by molar-refractivity contribution is 5.43. The van der Waals surface area contributed by atoms with Crippen molar-refractivity contribution >= 4 is 0 Å². The molecular weight excluding hydrogens is 242 g/mol. The molecule has 0 aromatic heterocycles. The van der Waals surface area contributed by atoms with Gasteiger partial charge in [-0.2, -0.15) is 0 Å². The average molecular weight is 267 g/mol. The zero-order valence-corrected chi connectivity index (χ0v) is 12.5. The van der Waals surface area contributed by atoms with Gasteiger partial charge in [0.25, 0.3) is 0 Å². The van der Waals surface area contributed by atoms with Crippen molar-refractivity contribution in [2.24, 2.45) is 0 Å². The molecule has 0 aliphatic carbocycles. The van der Waals surface area contributed by atoms with Gasteiger partial charge in [-0.1, -0.05) is 19.9 Å². The molecule has 1 aromatic carbocycles. The number of hydrogen-bond acceptors (Lipinski definition) is 4. The molecule has 0 bridgehead atoms. The third-order valence-electron chi connectivity index (χ3n) is 2.52. The molecule has 108 valence electrons. The van der Waals surface area contributed by atoms with Crippen molar-refractivity contribution in [1.29, 1.82) is 0 Å². The summed E-state index contributed by atoms with van der Waals surface area (Å²) in [6, 6.07) is 6.27. The van der Waals surface area contributed by atoms with Gasteiger partial charge in [0.15, 0.2) is 11.5 Å². The Bertz CT molecular complexity index is 397. The lowest BCUT2D eigenvalue weighted by Crippen LogP contribution is -2.28. The number of nitrogens with one attached hydrogen (secondary N) is 1. The SMILES string of the molecule is COc1ccc(CNC(C)C)cc1OCC(C)(C)O. The maximum Gasteiger partial charge on any atom is 0.161 e. The van der Waals surface area contributed by atoms with Gasteiger partial charge in [-0.3, -0.25) is 0 Å². The van der Waals surface area contributed by atoms with E-state index < -0.39 is 5.60 Å². The van der Waals surface area contributed by atoms with Gasteiger partial charge in [0.2, 0.25) is 0 Å². The molecule has 1 aromatic rings. The van der Waals surface area contributed by atoms with Gasteiger partial charge in [0.1, 0.15) is 6.61 Å². The zero-order valence-electron chi connectivity index (χ0n) is 12.5. The fraction of sp³-hybridized carbons (Fsp3) is 0.600. The van der Waals surface area contributed by atoms with Crippen LogP contribution in [0, 0.1) is 0 Å². The van der Waals surface area contributed by atoms with Crippen molar-refractivity contribution in [3.63, 3.8) is 0 Å². The Morgan fingerprint density at radius 1 is 1.26 bits per heavy atom. The summed E-state index contributed by atoms with van der Waals surface area (Å²) in [5, 5.41) is 13.1. The Hall–Kier alpha value is -1.26. The Morgan fingerprint density at radius 3 is 2.47 bits per heavy atom. The van der Waals surface area contributed by atoms with Gasteiger partial charge in [0, 0.05) is 12.6 Å². The first-order valence-corrected chi connectivity index (χ1v) is 6.57. The first kappa shape index (κ1) is 15.8. The maximum absolute atomic E-state index is 9.71. The molecule has 19 heavy (non-hydrogen) atoms. The number of hydrogen-bond donors (Lipinski definition) is 2. The maximum atomic E-state index is 9.71. The van der Waals surface area contributed by atoms with Crippen molar-refractivity contribution in [1.82, 2.24) is 5.32 Å². The van der Waals surface area contributed by atoms with E-state index in [1.165, 1.54) is 0 Å². The van der Waals surface area contributed by atoms with E-state index in [4.69, 9.17) is 9.47 Å². The summed E-state index contributed by atoms with van der Waals surface area (Å²) in [6.45, 7) is 8.64. The highest BCUT2D eigenvalue weighted by Crippen LogP contribution is 2.28. The van der Waals surface area contributed by atoms with E-state index in [9.17, 15) is 5.11 Å². The first-order valence-electron chi connectivity index (χ1n) is 6.57. The lowest BCUT2D eigenvalue weighted by atomic mass is 10.1. The third-order valence-corrected chi connectivity index (χ3v) is 2.52. The van der Waals surface area contributed by atoms with Crippen LogP contribution in [0.5, 0.6) is 11.5 Å². The number of benzene rings is 1. The summed E-state index contributed by atoms with van der Waals surface area (Å²) in [4.78, 5) is 0. The van der Waals surface area contributed by atoms with E-state index in [-0.39, 0.29) is 6.61 Å². The van der Waals surface area contributed by atoms with Crippen molar-refractivity contribution in [2.75, 3.05) is 13.7 Å². The van der Waals surface area contributed by atoms with Gasteiger partial charge in [-0.05, 0) is 31.5 Å². The second-order valence-electron chi connectivity index (χ2n) is 5.62. The van der Waals surface area contributed by atoms with Crippen LogP contribution in [0.3, 0.4) is 0 Å². The van der Waals surface area contributed by atoms with Crippen molar-refractivity contribution in [3.05, 3.63) is 23.8 Å². The molecular formula is C15H25NO3. The summed E-state index contributed by atoms with van der Waals surface area (Å²) in [6.07, 6.45) is 0. The van der Waals surface area contributed by atoms with Gasteiger partial charge in [0.05, 0.1) is 12.7 Å². The second kappa shape index (κ2) is 6.78. The first-order chi connectivity index (χ1) is 8.81. The quantitative estimate of drug-likeness (QED) is 0.796. The van der Waals surface area contributed by atoms with Gasteiger partial charge in [-0.25, -0.2) is 0 Å². The molecule has 0 aliphatic rings. The Morgan fingerprint density at radius 2 is 1.95 bits per heavy atom. The summed E-state index contributed by atoms with van der Waals surface area (Å²) in [5.41, 5.74) is 0.261. The molecule has 4 nitrogen and oxygen atoms in total. The number of methoxy groups -OCH3 is 1. The molecule has 0 fully saturated rings. The van der Waals surface area contributed by atoms with E-state index in [2.05, 4.69) is 19.2 Å². The van der Waals surface area contributed by atoms with Crippen LogP contribution >= 0.6 is 0 Å². The van der Waals surface area contributed by atoms with Crippen LogP contribution < -0.4 is 14.8 Å². The average Bonchev–Trinajstić information content (AvgIpc) is 2.33. The van der Waals surface area contributed by atoms with E-state index >= 15 is 0 Å². The van der Waals surface area contributed by atoms with Crippen molar-refractivity contribution < 1.29 is 14.6 Å². The fourth-order valence-corrected chi connectivity index (χ4v) is 1.52. The molecule has 1 rings (SSSR count). The number of rotatable bonds is 7. The predicted molar refractivity (Wildman–Crippen MR) is 76.8 cm³/mol. The minimum absolute atomic E-state index is 0.227. The molecule has 0 unspecified atom stereocenters. The Labute approximate surface area is 115 Å². The van der Waals surface area contributed by atoms with Crippen LogP contribution in [0.25, 0.3) is 0 Å².